The summed E-state index contributed by atoms with van der Waals surface area (Å²) < 4.78 is 0. The van der Waals surface area contributed by atoms with Crippen molar-refractivity contribution in [3.05, 3.63) is 78.1 Å². The van der Waals surface area contributed by atoms with Crippen LogP contribution in [-0.4, -0.2) is 4.98 Å². The van der Waals surface area contributed by atoms with Crippen molar-refractivity contribution in [1.82, 2.24) is 4.98 Å². The summed E-state index contributed by atoms with van der Waals surface area (Å²) in [5.74, 6) is 0. The molecule has 2 aromatic carbocycles. The molecule has 3 rings (SSSR count). The van der Waals surface area contributed by atoms with Crippen molar-refractivity contribution in [2.45, 2.75) is 6.42 Å². The lowest BCUT2D eigenvalue weighted by Crippen LogP contribution is -1.92. The van der Waals surface area contributed by atoms with Gasteiger partial charge in [-0.1, -0.05) is 48.5 Å². The minimum Gasteiger partial charge on any atom is -0.261 e. The summed E-state index contributed by atoms with van der Waals surface area (Å²) >= 11 is 0. The van der Waals surface area contributed by atoms with Crippen molar-refractivity contribution in [2.75, 3.05) is 0 Å². The number of fused-ring (bicyclic) bond motifs is 1. The van der Waals surface area contributed by atoms with Gasteiger partial charge in [-0.05, 0) is 28.5 Å². The van der Waals surface area contributed by atoms with Crippen LogP contribution in [0.4, 0.5) is 0 Å². The van der Waals surface area contributed by atoms with E-state index in [0.29, 0.717) is 0 Å². The van der Waals surface area contributed by atoms with E-state index < -0.39 is 0 Å². The second-order valence-electron chi connectivity index (χ2n) is 4.14. The molecule has 0 aliphatic carbocycles. The van der Waals surface area contributed by atoms with Crippen LogP contribution in [0.3, 0.4) is 0 Å². The first-order chi connectivity index (χ1) is 8.43. The number of aromatic nitrogens is 1. The number of nitrogens with zero attached hydrogens (tertiary/aromatic N) is 1. The van der Waals surface area contributed by atoms with Gasteiger partial charge in [-0.15, -0.1) is 0 Å². The van der Waals surface area contributed by atoms with Gasteiger partial charge < -0.3 is 0 Å². The summed E-state index contributed by atoms with van der Waals surface area (Å²) in [6.07, 6.45) is 2.74. The Labute approximate surface area is 101 Å². The molecule has 1 heteroatoms. The normalized spacial score (nSPS) is 10.6. The Hall–Kier alpha value is -2.15. The minimum atomic E-state index is 0.891. The molecule has 0 spiro atoms. The lowest BCUT2D eigenvalue weighted by atomic mass is 10.0. The predicted molar refractivity (Wildman–Crippen MR) is 71.0 cm³/mol. The zero-order valence-electron chi connectivity index (χ0n) is 9.51. The van der Waals surface area contributed by atoms with Gasteiger partial charge in [0, 0.05) is 18.3 Å². The van der Waals surface area contributed by atoms with Crippen LogP contribution in [0.5, 0.6) is 0 Å². The Bertz CT molecular complexity index is 624. The number of hydrogen-bond acceptors (Lipinski definition) is 1. The van der Waals surface area contributed by atoms with Crippen LogP contribution in [0.25, 0.3) is 10.8 Å². The molecule has 0 bridgehead atoms. The fourth-order valence-electron chi connectivity index (χ4n) is 2.14. The molecular weight excluding hydrogens is 206 g/mol. The predicted octanol–water partition coefficient (Wildman–Crippen LogP) is 3.83. The third-order valence-electron chi connectivity index (χ3n) is 2.98. The van der Waals surface area contributed by atoms with E-state index in [9.17, 15) is 0 Å². The first-order valence-electron chi connectivity index (χ1n) is 5.80. The maximum Gasteiger partial charge on any atom is 0.0447 e. The van der Waals surface area contributed by atoms with E-state index in [4.69, 9.17) is 0 Å². The maximum atomic E-state index is 4.38. The molecule has 0 fully saturated rings. The molecule has 0 saturated carbocycles. The van der Waals surface area contributed by atoms with Gasteiger partial charge >= 0.3 is 0 Å². The SMILES string of the molecule is c1ccc(Cc2cccc3ccccc23)nc1. The van der Waals surface area contributed by atoms with Crippen LogP contribution in [0.2, 0.25) is 0 Å². The summed E-state index contributed by atoms with van der Waals surface area (Å²) in [5.41, 5.74) is 2.45. The van der Waals surface area contributed by atoms with Crippen LogP contribution < -0.4 is 0 Å². The highest BCUT2D eigenvalue weighted by Crippen LogP contribution is 2.20. The number of pyridine rings is 1. The molecule has 0 aliphatic rings. The van der Waals surface area contributed by atoms with Crippen LogP contribution in [0.15, 0.2) is 66.9 Å². The molecule has 0 amide bonds. The molecule has 82 valence electrons. The average Bonchev–Trinajstić information content (AvgIpc) is 2.40. The molecule has 1 aromatic heterocycles. The van der Waals surface area contributed by atoms with Crippen LogP contribution in [0.1, 0.15) is 11.3 Å². The molecule has 0 unspecified atom stereocenters. The third-order valence-corrected chi connectivity index (χ3v) is 2.98. The molecule has 3 aromatic rings. The minimum absolute atomic E-state index is 0.891. The zero-order valence-corrected chi connectivity index (χ0v) is 9.51. The highest BCUT2D eigenvalue weighted by atomic mass is 14.7. The Balaban J connectivity index is 2.06. The van der Waals surface area contributed by atoms with Gasteiger partial charge in [0.25, 0.3) is 0 Å². The molecule has 1 nitrogen and oxygen atoms in total. The lowest BCUT2D eigenvalue weighted by Gasteiger charge is -2.05. The molecule has 0 saturated heterocycles. The fourth-order valence-corrected chi connectivity index (χ4v) is 2.14. The highest BCUT2D eigenvalue weighted by Gasteiger charge is 2.01. The molecule has 0 N–H and O–H groups in total. The van der Waals surface area contributed by atoms with E-state index in [1.807, 2.05) is 18.3 Å². The van der Waals surface area contributed by atoms with E-state index in [1.54, 1.807) is 0 Å². The Kier molecular flexibility index (Phi) is 2.59. The quantitative estimate of drug-likeness (QED) is 0.638. The summed E-state index contributed by atoms with van der Waals surface area (Å²) in [6, 6.07) is 21.0. The molecular formula is C16H13N. The topological polar surface area (TPSA) is 12.9 Å². The molecule has 0 atom stereocenters. The second kappa shape index (κ2) is 4.38. The van der Waals surface area contributed by atoms with E-state index in [0.717, 1.165) is 12.1 Å². The van der Waals surface area contributed by atoms with Gasteiger partial charge in [0.1, 0.15) is 0 Å². The van der Waals surface area contributed by atoms with Crippen molar-refractivity contribution < 1.29 is 0 Å². The van der Waals surface area contributed by atoms with E-state index >= 15 is 0 Å². The smallest absolute Gasteiger partial charge is 0.0447 e. The van der Waals surface area contributed by atoms with Crippen LogP contribution in [0, 0.1) is 0 Å². The Morgan fingerprint density at radius 2 is 1.59 bits per heavy atom. The van der Waals surface area contributed by atoms with Gasteiger partial charge in [0.05, 0.1) is 0 Å². The second-order valence-corrected chi connectivity index (χ2v) is 4.14. The van der Waals surface area contributed by atoms with E-state index in [1.165, 1.54) is 16.3 Å². The van der Waals surface area contributed by atoms with Crippen LogP contribution >= 0.6 is 0 Å². The number of rotatable bonds is 2. The maximum absolute atomic E-state index is 4.38. The van der Waals surface area contributed by atoms with Gasteiger partial charge in [-0.3, -0.25) is 4.98 Å². The summed E-state index contributed by atoms with van der Waals surface area (Å²) in [7, 11) is 0. The Morgan fingerprint density at radius 1 is 0.765 bits per heavy atom. The van der Waals surface area contributed by atoms with Crippen molar-refractivity contribution in [1.29, 1.82) is 0 Å². The fraction of sp³-hybridized carbons (Fsp3) is 0.0625. The van der Waals surface area contributed by atoms with Crippen molar-refractivity contribution in [3.63, 3.8) is 0 Å². The van der Waals surface area contributed by atoms with Gasteiger partial charge in [0.15, 0.2) is 0 Å². The summed E-state index contributed by atoms with van der Waals surface area (Å²) in [6.45, 7) is 0. The Morgan fingerprint density at radius 3 is 2.47 bits per heavy atom. The van der Waals surface area contributed by atoms with Crippen LogP contribution in [-0.2, 0) is 6.42 Å². The largest absolute Gasteiger partial charge is 0.261 e. The van der Waals surface area contributed by atoms with Gasteiger partial charge in [-0.25, -0.2) is 0 Å². The molecule has 17 heavy (non-hydrogen) atoms. The number of benzene rings is 2. The van der Waals surface area contributed by atoms with Gasteiger partial charge in [-0.2, -0.15) is 0 Å². The van der Waals surface area contributed by atoms with Crippen molar-refractivity contribution in [2.24, 2.45) is 0 Å². The van der Waals surface area contributed by atoms with Gasteiger partial charge in [0.2, 0.25) is 0 Å². The van der Waals surface area contributed by atoms with E-state index in [-0.39, 0.29) is 0 Å². The monoisotopic (exact) mass is 219 g/mol. The number of hydrogen-bond donors (Lipinski definition) is 0. The highest BCUT2D eigenvalue weighted by molar-refractivity contribution is 5.85. The molecule has 1 heterocycles. The zero-order chi connectivity index (χ0) is 11.5. The standard InChI is InChI=1S/C16H13N/c1-2-10-16-13(6-1)7-5-8-14(16)12-15-9-3-4-11-17-15/h1-11H,12H2. The lowest BCUT2D eigenvalue weighted by molar-refractivity contribution is 1.08. The average molecular weight is 219 g/mol. The first-order valence-corrected chi connectivity index (χ1v) is 5.80. The van der Waals surface area contributed by atoms with Crippen molar-refractivity contribution in [3.8, 4) is 0 Å². The summed E-state index contributed by atoms with van der Waals surface area (Å²) in [5, 5.41) is 2.61. The molecule has 0 radical (unpaired) electrons. The van der Waals surface area contributed by atoms with Crippen molar-refractivity contribution >= 4 is 10.8 Å². The molecule has 0 aliphatic heterocycles. The van der Waals surface area contributed by atoms with E-state index in [2.05, 4.69) is 53.5 Å². The summed E-state index contributed by atoms with van der Waals surface area (Å²) in [4.78, 5) is 4.38. The third kappa shape index (κ3) is 2.04. The first kappa shape index (κ1) is 10.0.